The largest absolute Gasteiger partial charge is 0.488 e. The quantitative estimate of drug-likeness (QED) is 0.581. The van der Waals surface area contributed by atoms with E-state index in [1.54, 1.807) is 0 Å². The average molecular weight is 536 g/mol. The van der Waals surface area contributed by atoms with Crippen LogP contribution in [0.2, 0.25) is 5.02 Å². The number of quaternary nitrogens is 1. The molecule has 0 radical (unpaired) electrons. The monoisotopic (exact) mass is 535 g/mol. The number of ether oxygens (including phenoxy) is 1. The van der Waals surface area contributed by atoms with E-state index in [4.69, 9.17) is 16.3 Å². The number of carbonyl (C=O) groups is 1. The third-order valence-electron chi connectivity index (χ3n) is 6.50. The average Bonchev–Trinajstić information content (AvgIpc) is 3.33. The van der Waals surface area contributed by atoms with Crippen LogP contribution in [-0.2, 0) is 9.84 Å². The van der Waals surface area contributed by atoms with Crippen LogP contribution in [0.4, 0.5) is 5.69 Å². The number of hydrogen-bond acceptors (Lipinski definition) is 7. The number of thioether (sulfide) groups is 1. The number of sulfone groups is 1. The lowest BCUT2D eigenvalue weighted by Gasteiger charge is -2.32. The summed E-state index contributed by atoms with van der Waals surface area (Å²) >= 11 is 7.38. The summed E-state index contributed by atoms with van der Waals surface area (Å²) in [6.45, 7) is 4.73. The first kappa shape index (κ1) is 24.4. The van der Waals surface area contributed by atoms with E-state index in [0.717, 1.165) is 36.2 Å². The summed E-state index contributed by atoms with van der Waals surface area (Å²) in [5.41, 5.74) is 1.50. The van der Waals surface area contributed by atoms with Gasteiger partial charge in [0.2, 0.25) is 0 Å². The molecule has 3 aliphatic heterocycles. The highest BCUT2D eigenvalue weighted by Gasteiger charge is 2.42. The number of amides is 1. The SMILES string of the molecule is O=C(c1ccc(NC2=N[C@@H]3CS(=O)(=O)C[C@@H]3S2)cc1)N1CC[NH+](CCOc2ccc(Cl)cc2)CC1. The number of halogens is 1. The van der Waals surface area contributed by atoms with Gasteiger partial charge in [0.15, 0.2) is 15.0 Å². The van der Waals surface area contributed by atoms with Crippen LogP contribution < -0.4 is 15.0 Å². The van der Waals surface area contributed by atoms with E-state index >= 15 is 0 Å². The van der Waals surface area contributed by atoms with Crippen molar-refractivity contribution in [1.29, 1.82) is 0 Å². The first-order chi connectivity index (χ1) is 16.8. The molecule has 2 aromatic rings. The van der Waals surface area contributed by atoms with Gasteiger partial charge in [-0.2, -0.15) is 0 Å². The van der Waals surface area contributed by atoms with Crippen molar-refractivity contribution in [2.45, 2.75) is 11.3 Å². The number of piperazine rings is 1. The molecule has 3 heterocycles. The van der Waals surface area contributed by atoms with Crippen molar-refractivity contribution in [1.82, 2.24) is 4.90 Å². The topological polar surface area (TPSA) is 92.5 Å². The summed E-state index contributed by atoms with van der Waals surface area (Å²) in [6.07, 6.45) is 0. The van der Waals surface area contributed by atoms with Gasteiger partial charge in [-0.3, -0.25) is 9.79 Å². The normalized spacial score (nSPS) is 23.6. The van der Waals surface area contributed by atoms with Crippen LogP contribution in [0.25, 0.3) is 0 Å². The van der Waals surface area contributed by atoms with Crippen LogP contribution in [0.1, 0.15) is 10.4 Å². The fraction of sp³-hybridized carbons (Fsp3) is 0.417. The minimum absolute atomic E-state index is 0.00754. The van der Waals surface area contributed by atoms with Gasteiger partial charge < -0.3 is 19.9 Å². The highest BCUT2D eigenvalue weighted by atomic mass is 35.5. The van der Waals surface area contributed by atoms with E-state index in [1.807, 2.05) is 53.4 Å². The predicted octanol–water partition coefficient (Wildman–Crippen LogP) is 1.44. The third-order valence-corrected chi connectivity index (χ3v) is 9.89. The van der Waals surface area contributed by atoms with Crippen molar-refractivity contribution in [3.8, 4) is 5.75 Å². The molecule has 0 unspecified atom stereocenters. The molecular weight excluding hydrogens is 508 g/mol. The number of rotatable bonds is 6. The summed E-state index contributed by atoms with van der Waals surface area (Å²) in [4.78, 5) is 20.8. The number of aliphatic imine (C=N–C) groups is 1. The third kappa shape index (κ3) is 6.11. The Morgan fingerprint density at radius 3 is 2.51 bits per heavy atom. The van der Waals surface area contributed by atoms with Crippen molar-refractivity contribution in [3.05, 3.63) is 59.1 Å². The Morgan fingerprint density at radius 2 is 1.83 bits per heavy atom. The number of fused-ring (bicyclic) bond motifs is 1. The molecule has 2 aromatic carbocycles. The standard InChI is InChI=1S/C24H27ClN4O4S2/c25-18-3-7-20(8-4-18)33-14-13-28-9-11-29(12-10-28)23(30)17-1-5-19(6-2-17)26-24-27-21-15-35(31,32)16-22(21)34-24/h1-8,21-22H,9-16H2,(H,26,27)/p+1/t21-,22+/m1/s1. The van der Waals surface area contributed by atoms with E-state index in [0.29, 0.717) is 30.3 Å². The molecule has 35 heavy (non-hydrogen) atoms. The second kappa shape index (κ2) is 10.4. The number of hydrogen-bond donors (Lipinski definition) is 2. The maximum atomic E-state index is 13.0. The van der Waals surface area contributed by atoms with Gasteiger partial charge in [0.1, 0.15) is 18.9 Å². The smallest absolute Gasteiger partial charge is 0.254 e. The van der Waals surface area contributed by atoms with Crippen molar-refractivity contribution < 1.29 is 22.8 Å². The van der Waals surface area contributed by atoms with E-state index in [1.165, 1.54) is 16.7 Å². The maximum absolute atomic E-state index is 13.0. The van der Waals surface area contributed by atoms with Gasteiger partial charge in [-0.15, -0.1) is 0 Å². The van der Waals surface area contributed by atoms with E-state index in [2.05, 4.69) is 10.3 Å². The van der Waals surface area contributed by atoms with E-state index in [-0.39, 0.29) is 28.7 Å². The molecule has 11 heteroatoms. The molecule has 2 saturated heterocycles. The summed E-state index contributed by atoms with van der Waals surface area (Å²) in [6, 6.07) is 14.6. The Morgan fingerprint density at radius 1 is 1.11 bits per heavy atom. The zero-order chi connectivity index (χ0) is 24.4. The van der Waals surface area contributed by atoms with E-state index < -0.39 is 9.84 Å². The lowest BCUT2D eigenvalue weighted by atomic mass is 10.1. The Labute approximate surface area is 214 Å². The number of anilines is 1. The van der Waals surface area contributed by atoms with Gasteiger partial charge in [-0.25, -0.2) is 8.42 Å². The summed E-state index contributed by atoms with van der Waals surface area (Å²) in [5, 5.41) is 4.70. The molecule has 2 atom stereocenters. The zero-order valence-corrected chi connectivity index (χ0v) is 21.5. The zero-order valence-electron chi connectivity index (χ0n) is 19.2. The Balaban J connectivity index is 1.06. The molecule has 0 spiro atoms. The molecule has 1 amide bonds. The van der Waals surface area contributed by atoms with Crippen LogP contribution in [0, 0.1) is 0 Å². The van der Waals surface area contributed by atoms with E-state index in [9.17, 15) is 13.2 Å². The molecule has 2 N–H and O–H groups in total. The van der Waals surface area contributed by atoms with Crippen LogP contribution in [0.5, 0.6) is 5.75 Å². The molecular formula is C24H28ClN4O4S2+. The molecule has 0 saturated carbocycles. The minimum atomic E-state index is -2.96. The lowest BCUT2D eigenvalue weighted by molar-refractivity contribution is -0.903. The number of nitrogens with one attached hydrogen (secondary N) is 2. The van der Waals surface area contributed by atoms with Gasteiger partial charge in [0.05, 0.1) is 43.7 Å². The molecule has 0 bridgehead atoms. The first-order valence-electron chi connectivity index (χ1n) is 11.7. The Kier molecular flexibility index (Phi) is 7.24. The maximum Gasteiger partial charge on any atom is 0.254 e. The lowest BCUT2D eigenvalue weighted by Crippen LogP contribution is -3.15. The highest BCUT2D eigenvalue weighted by Crippen LogP contribution is 2.34. The van der Waals surface area contributed by atoms with Crippen molar-refractivity contribution in [2.24, 2.45) is 4.99 Å². The number of carbonyl (C=O) groups excluding carboxylic acids is 1. The van der Waals surface area contributed by atoms with Gasteiger partial charge >= 0.3 is 0 Å². The van der Waals surface area contributed by atoms with Crippen molar-refractivity contribution >= 4 is 50.0 Å². The predicted molar refractivity (Wildman–Crippen MR) is 140 cm³/mol. The van der Waals surface area contributed by atoms with Crippen molar-refractivity contribution in [2.75, 3.05) is 56.2 Å². The van der Waals surface area contributed by atoms with Crippen molar-refractivity contribution in [3.63, 3.8) is 0 Å². The molecule has 2 fully saturated rings. The molecule has 3 aliphatic rings. The molecule has 8 nitrogen and oxygen atoms in total. The Bertz CT molecular complexity index is 1200. The molecule has 0 aliphatic carbocycles. The van der Waals surface area contributed by atoms with Crippen LogP contribution in [-0.4, -0.2) is 86.5 Å². The van der Waals surface area contributed by atoms with Gasteiger partial charge in [0, 0.05) is 21.5 Å². The second-order valence-corrected chi connectivity index (χ2v) is 12.8. The minimum Gasteiger partial charge on any atom is -0.488 e. The molecule has 5 rings (SSSR count). The summed E-state index contributed by atoms with van der Waals surface area (Å²) in [5.74, 6) is 1.18. The molecule has 186 valence electrons. The van der Waals surface area contributed by atoms with Crippen LogP contribution in [0.15, 0.2) is 53.5 Å². The van der Waals surface area contributed by atoms with Gasteiger partial charge in [-0.1, -0.05) is 23.4 Å². The van der Waals surface area contributed by atoms with Crippen LogP contribution in [0.3, 0.4) is 0 Å². The fourth-order valence-corrected chi connectivity index (χ4v) is 8.34. The number of nitrogens with zero attached hydrogens (tertiary/aromatic N) is 2. The summed E-state index contributed by atoms with van der Waals surface area (Å²) in [7, 11) is -2.96. The van der Waals surface area contributed by atoms with Gasteiger partial charge in [-0.05, 0) is 48.5 Å². The molecule has 0 aromatic heterocycles. The van der Waals surface area contributed by atoms with Gasteiger partial charge in [0.25, 0.3) is 5.91 Å². The number of benzene rings is 2. The first-order valence-corrected chi connectivity index (χ1v) is 14.8. The fourth-order valence-electron chi connectivity index (χ4n) is 4.54. The Hall–Kier alpha value is -2.27. The highest BCUT2D eigenvalue weighted by molar-refractivity contribution is 8.15. The summed E-state index contributed by atoms with van der Waals surface area (Å²) < 4.78 is 29.2. The second-order valence-electron chi connectivity index (χ2n) is 9.03. The van der Waals surface area contributed by atoms with Crippen LogP contribution >= 0.6 is 23.4 Å². The number of amidine groups is 1.